The number of nitrogens with one attached hydrogen (secondary N) is 1. The van der Waals surface area contributed by atoms with Gasteiger partial charge in [-0.1, -0.05) is 6.07 Å². The number of rotatable bonds is 5. The molecule has 1 heterocycles. The van der Waals surface area contributed by atoms with Gasteiger partial charge in [0, 0.05) is 30.1 Å². The Balaban J connectivity index is 1.94. The van der Waals surface area contributed by atoms with Crippen molar-refractivity contribution in [2.24, 2.45) is 0 Å². The predicted octanol–water partition coefficient (Wildman–Crippen LogP) is 2.41. The van der Waals surface area contributed by atoms with Crippen LogP contribution in [0.2, 0.25) is 0 Å². The summed E-state index contributed by atoms with van der Waals surface area (Å²) in [6.45, 7) is 2.98. The molecule has 0 aliphatic heterocycles. The van der Waals surface area contributed by atoms with Crippen molar-refractivity contribution in [1.82, 2.24) is 10.3 Å². The van der Waals surface area contributed by atoms with E-state index in [9.17, 15) is 4.79 Å². The van der Waals surface area contributed by atoms with Crippen LogP contribution in [-0.2, 0) is 6.61 Å². The molecule has 1 aromatic heterocycles. The summed E-state index contributed by atoms with van der Waals surface area (Å²) in [6.07, 6.45) is 3.49. The minimum absolute atomic E-state index is 0.0682. The van der Waals surface area contributed by atoms with E-state index in [0.717, 1.165) is 11.3 Å². The Hall–Kier alpha value is -2.36. The quantitative estimate of drug-likeness (QED) is 0.893. The number of aromatic nitrogens is 1. The van der Waals surface area contributed by atoms with Gasteiger partial charge in [0.1, 0.15) is 12.4 Å². The molecule has 0 spiro atoms. The highest BCUT2D eigenvalue weighted by molar-refractivity contribution is 5.94. The van der Waals surface area contributed by atoms with Crippen molar-refractivity contribution in [2.45, 2.75) is 13.5 Å². The molecule has 0 bridgehead atoms. The van der Waals surface area contributed by atoms with E-state index in [1.807, 2.05) is 19.1 Å². The lowest BCUT2D eigenvalue weighted by molar-refractivity contribution is 0.0956. The molecule has 0 atom stereocenters. The Kier molecular flexibility index (Phi) is 4.50. The molecular weight excluding hydrogens is 240 g/mol. The van der Waals surface area contributed by atoms with Gasteiger partial charge in [-0.3, -0.25) is 9.78 Å². The minimum atomic E-state index is -0.0682. The summed E-state index contributed by atoms with van der Waals surface area (Å²) in [5, 5.41) is 2.75. The van der Waals surface area contributed by atoms with Crippen molar-refractivity contribution < 1.29 is 9.53 Å². The number of hydrogen-bond donors (Lipinski definition) is 1. The monoisotopic (exact) mass is 256 g/mol. The van der Waals surface area contributed by atoms with Crippen LogP contribution in [0.25, 0.3) is 0 Å². The van der Waals surface area contributed by atoms with Crippen molar-refractivity contribution in [3.05, 3.63) is 59.9 Å². The average Bonchev–Trinajstić information content (AvgIpc) is 2.47. The zero-order valence-corrected chi connectivity index (χ0v) is 10.8. The van der Waals surface area contributed by atoms with Gasteiger partial charge in [-0.05, 0) is 37.3 Å². The van der Waals surface area contributed by atoms with Crippen molar-refractivity contribution in [2.75, 3.05) is 6.54 Å². The van der Waals surface area contributed by atoms with E-state index < -0.39 is 0 Å². The Morgan fingerprint density at radius 2 is 2.05 bits per heavy atom. The van der Waals surface area contributed by atoms with Crippen LogP contribution in [-0.4, -0.2) is 17.4 Å². The van der Waals surface area contributed by atoms with E-state index >= 15 is 0 Å². The molecular formula is C15H16N2O2. The van der Waals surface area contributed by atoms with Gasteiger partial charge < -0.3 is 10.1 Å². The van der Waals surface area contributed by atoms with E-state index in [1.54, 1.807) is 36.7 Å². The number of amides is 1. The molecule has 19 heavy (non-hydrogen) atoms. The molecule has 0 unspecified atom stereocenters. The zero-order chi connectivity index (χ0) is 13.5. The second kappa shape index (κ2) is 6.54. The zero-order valence-electron chi connectivity index (χ0n) is 10.8. The largest absolute Gasteiger partial charge is 0.489 e. The van der Waals surface area contributed by atoms with Gasteiger partial charge >= 0.3 is 0 Å². The number of ether oxygens (including phenoxy) is 1. The maximum absolute atomic E-state index is 11.6. The van der Waals surface area contributed by atoms with Gasteiger partial charge in [-0.15, -0.1) is 0 Å². The number of carbonyl (C=O) groups is 1. The van der Waals surface area contributed by atoms with Crippen molar-refractivity contribution in [1.29, 1.82) is 0 Å². The second-order valence-corrected chi connectivity index (χ2v) is 4.03. The molecule has 0 aliphatic rings. The maximum Gasteiger partial charge on any atom is 0.251 e. The Labute approximate surface area is 112 Å². The summed E-state index contributed by atoms with van der Waals surface area (Å²) in [4.78, 5) is 15.6. The summed E-state index contributed by atoms with van der Waals surface area (Å²) < 4.78 is 5.62. The fourth-order valence-corrected chi connectivity index (χ4v) is 1.62. The summed E-state index contributed by atoms with van der Waals surface area (Å²) in [6, 6.07) is 10.9. The first-order chi connectivity index (χ1) is 9.29. The Morgan fingerprint density at radius 3 is 2.68 bits per heavy atom. The van der Waals surface area contributed by atoms with Crippen LogP contribution in [0.4, 0.5) is 0 Å². The molecule has 0 fully saturated rings. The maximum atomic E-state index is 11.6. The topological polar surface area (TPSA) is 51.2 Å². The van der Waals surface area contributed by atoms with Crippen LogP contribution in [0.15, 0.2) is 48.8 Å². The molecule has 1 amide bonds. The van der Waals surface area contributed by atoms with E-state index in [1.165, 1.54) is 0 Å². The lowest BCUT2D eigenvalue weighted by atomic mass is 10.2. The molecule has 0 saturated heterocycles. The van der Waals surface area contributed by atoms with E-state index in [4.69, 9.17) is 4.74 Å². The first kappa shape index (κ1) is 13.1. The SMILES string of the molecule is CCNC(=O)c1ccc(OCc2cccnc2)cc1. The fourth-order valence-electron chi connectivity index (χ4n) is 1.62. The third-order valence-corrected chi connectivity index (χ3v) is 2.58. The first-order valence-electron chi connectivity index (χ1n) is 6.19. The predicted molar refractivity (Wildman–Crippen MR) is 73.0 cm³/mol. The Bertz CT molecular complexity index is 524. The van der Waals surface area contributed by atoms with Crippen molar-refractivity contribution in [3.8, 4) is 5.75 Å². The fraction of sp³-hybridized carbons (Fsp3) is 0.200. The first-order valence-corrected chi connectivity index (χ1v) is 6.19. The third-order valence-electron chi connectivity index (χ3n) is 2.58. The molecule has 0 saturated carbocycles. The highest BCUT2D eigenvalue weighted by Gasteiger charge is 2.03. The highest BCUT2D eigenvalue weighted by atomic mass is 16.5. The van der Waals surface area contributed by atoms with Gasteiger partial charge in [0.15, 0.2) is 0 Å². The minimum Gasteiger partial charge on any atom is -0.489 e. The van der Waals surface area contributed by atoms with Gasteiger partial charge in [0.2, 0.25) is 0 Å². The smallest absolute Gasteiger partial charge is 0.251 e. The van der Waals surface area contributed by atoms with Gasteiger partial charge in [-0.2, -0.15) is 0 Å². The second-order valence-electron chi connectivity index (χ2n) is 4.03. The summed E-state index contributed by atoms with van der Waals surface area (Å²) >= 11 is 0. The van der Waals surface area contributed by atoms with E-state index in [2.05, 4.69) is 10.3 Å². The van der Waals surface area contributed by atoms with Crippen molar-refractivity contribution in [3.63, 3.8) is 0 Å². The number of nitrogens with zero attached hydrogens (tertiary/aromatic N) is 1. The molecule has 0 radical (unpaired) electrons. The van der Waals surface area contributed by atoms with Crippen LogP contribution in [0.5, 0.6) is 5.75 Å². The average molecular weight is 256 g/mol. The highest BCUT2D eigenvalue weighted by Crippen LogP contribution is 2.14. The molecule has 2 aromatic rings. The number of benzene rings is 1. The molecule has 98 valence electrons. The molecule has 4 heteroatoms. The van der Waals surface area contributed by atoms with Crippen LogP contribution in [0, 0.1) is 0 Å². The lowest BCUT2D eigenvalue weighted by Crippen LogP contribution is -2.22. The molecule has 2 rings (SSSR count). The van der Waals surface area contributed by atoms with E-state index in [-0.39, 0.29) is 5.91 Å². The van der Waals surface area contributed by atoms with E-state index in [0.29, 0.717) is 18.7 Å². The number of carbonyl (C=O) groups excluding carboxylic acids is 1. The molecule has 1 N–H and O–H groups in total. The van der Waals surface area contributed by atoms with Crippen LogP contribution in [0.3, 0.4) is 0 Å². The van der Waals surface area contributed by atoms with Gasteiger partial charge in [-0.25, -0.2) is 0 Å². The molecule has 4 nitrogen and oxygen atoms in total. The van der Waals surface area contributed by atoms with Crippen molar-refractivity contribution >= 4 is 5.91 Å². The number of hydrogen-bond acceptors (Lipinski definition) is 3. The Morgan fingerprint density at radius 1 is 1.26 bits per heavy atom. The summed E-state index contributed by atoms with van der Waals surface area (Å²) in [7, 11) is 0. The summed E-state index contributed by atoms with van der Waals surface area (Å²) in [5.74, 6) is 0.665. The van der Waals surface area contributed by atoms with Crippen LogP contribution in [0.1, 0.15) is 22.8 Å². The normalized spacial score (nSPS) is 9.95. The van der Waals surface area contributed by atoms with Crippen LogP contribution >= 0.6 is 0 Å². The van der Waals surface area contributed by atoms with Crippen LogP contribution < -0.4 is 10.1 Å². The number of pyridine rings is 1. The lowest BCUT2D eigenvalue weighted by Gasteiger charge is -2.07. The summed E-state index contributed by atoms with van der Waals surface area (Å²) in [5.41, 5.74) is 1.64. The molecule has 0 aliphatic carbocycles. The van der Waals surface area contributed by atoms with Gasteiger partial charge in [0.25, 0.3) is 5.91 Å². The van der Waals surface area contributed by atoms with Gasteiger partial charge in [0.05, 0.1) is 0 Å². The molecule has 1 aromatic carbocycles. The third kappa shape index (κ3) is 3.81. The standard InChI is InChI=1S/C15H16N2O2/c1-2-17-15(18)13-5-7-14(8-6-13)19-11-12-4-3-9-16-10-12/h3-10H,2,11H2,1H3,(H,17,18).